The summed E-state index contributed by atoms with van der Waals surface area (Å²) in [6, 6.07) is 6.47. The highest BCUT2D eigenvalue weighted by atomic mass is 19.4. The molecule has 0 bridgehead atoms. The molecule has 1 amide bonds. The van der Waals surface area contributed by atoms with Crippen molar-refractivity contribution in [3.63, 3.8) is 0 Å². The van der Waals surface area contributed by atoms with Gasteiger partial charge in [-0.3, -0.25) is 4.79 Å². The minimum atomic E-state index is -4.76. The molecule has 0 radical (unpaired) electrons. The van der Waals surface area contributed by atoms with Crippen molar-refractivity contribution >= 4 is 11.7 Å². The van der Waals surface area contributed by atoms with Crippen molar-refractivity contribution in [2.75, 3.05) is 18.0 Å². The third kappa shape index (κ3) is 5.55. The number of hydrogen-bond acceptors (Lipinski definition) is 5. The van der Waals surface area contributed by atoms with Crippen LogP contribution in [-0.4, -0.2) is 47.5 Å². The molecule has 2 aromatic rings. The molecule has 10 heteroatoms. The van der Waals surface area contributed by atoms with Gasteiger partial charge in [0, 0.05) is 25.1 Å². The molecule has 29 heavy (non-hydrogen) atoms. The fraction of sp³-hybridized carbons (Fsp3) is 0.421. The molecule has 1 fully saturated rings. The zero-order valence-corrected chi connectivity index (χ0v) is 15.8. The number of alkyl halides is 4. The molecule has 1 N–H and O–H groups in total. The maximum atomic E-state index is 14.4. The lowest BCUT2D eigenvalue weighted by molar-refractivity contribution is -0.274. The number of nitrogens with one attached hydrogen (secondary N) is 1. The van der Waals surface area contributed by atoms with E-state index < -0.39 is 18.6 Å². The summed E-state index contributed by atoms with van der Waals surface area (Å²) < 4.78 is 55.2. The Kier molecular flexibility index (Phi) is 5.90. The van der Waals surface area contributed by atoms with Crippen LogP contribution in [0.1, 0.15) is 19.2 Å². The molecular formula is C19H20F4N4O2. The summed E-state index contributed by atoms with van der Waals surface area (Å²) in [6.45, 7) is 3.61. The molecule has 0 unspecified atom stereocenters. The maximum absolute atomic E-state index is 14.4. The van der Waals surface area contributed by atoms with Crippen molar-refractivity contribution in [2.45, 2.75) is 38.8 Å². The quantitative estimate of drug-likeness (QED) is 0.780. The minimum Gasteiger partial charge on any atom is -0.406 e. The summed E-state index contributed by atoms with van der Waals surface area (Å²) in [6.07, 6.45) is -5.57. The Labute approximate surface area is 164 Å². The molecule has 156 valence electrons. The number of aromatic nitrogens is 2. The number of hydrogen-bond donors (Lipinski definition) is 1. The van der Waals surface area contributed by atoms with Crippen LogP contribution < -0.4 is 15.0 Å². The lowest BCUT2D eigenvalue weighted by atomic mass is 10.0. The van der Waals surface area contributed by atoms with Crippen LogP contribution in [0.3, 0.4) is 0 Å². The molecule has 1 aliphatic heterocycles. The number of aryl methyl sites for hydroxylation is 1. The number of halogens is 4. The van der Waals surface area contributed by atoms with Crippen LogP contribution >= 0.6 is 0 Å². The predicted molar refractivity (Wildman–Crippen MR) is 98.2 cm³/mol. The molecule has 2 atom stereocenters. The number of nitrogens with zero attached hydrogens (tertiary/aromatic N) is 3. The Morgan fingerprint density at radius 3 is 2.52 bits per heavy atom. The van der Waals surface area contributed by atoms with Gasteiger partial charge in [0.1, 0.15) is 23.6 Å². The number of carbonyl (C=O) groups is 1. The number of benzene rings is 1. The van der Waals surface area contributed by atoms with Crippen LogP contribution in [0.15, 0.2) is 30.3 Å². The van der Waals surface area contributed by atoms with Crippen LogP contribution in [0.5, 0.6) is 5.75 Å². The van der Waals surface area contributed by atoms with Gasteiger partial charge in [0.15, 0.2) is 0 Å². The molecule has 0 spiro atoms. The van der Waals surface area contributed by atoms with Gasteiger partial charge in [-0.1, -0.05) is 0 Å². The third-order valence-electron chi connectivity index (χ3n) is 4.46. The summed E-state index contributed by atoms with van der Waals surface area (Å²) in [5.41, 5.74) is 1.08. The highest BCUT2D eigenvalue weighted by Gasteiger charge is 2.32. The van der Waals surface area contributed by atoms with Crippen LogP contribution in [0.2, 0.25) is 0 Å². The first-order valence-electron chi connectivity index (χ1n) is 8.99. The second kappa shape index (κ2) is 8.22. The van der Waals surface area contributed by atoms with E-state index in [1.54, 1.807) is 17.9 Å². The van der Waals surface area contributed by atoms with Crippen LogP contribution in [0, 0.1) is 6.92 Å². The van der Waals surface area contributed by atoms with Crippen molar-refractivity contribution in [3.8, 4) is 17.0 Å². The van der Waals surface area contributed by atoms with Crippen molar-refractivity contribution in [2.24, 2.45) is 0 Å². The fourth-order valence-corrected chi connectivity index (χ4v) is 3.23. The van der Waals surface area contributed by atoms with E-state index in [1.165, 1.54) is 31.2 Å². The average molecular weight is 412 g/mol. The fourth-order valence-electron chi connectivity index (χ4n) is 3.23. The SMILES string of the molecule is CC(=O)N[C@@H]1CCN(c2cc(-c3ccc(OC(F)(F)F)cc3)nc(C)n2)C[C@H]1F. The van der Waals surface area contributed by atoms with Crippen LogP contribution in [0.4, 0.5) is 23.4 Å². The Morgan fingerprint density at radius 2 is 1.93 bits per heavy atom. The second-order valence-corrected chi connectivity index (χ2v) is 6.79. The molecule has 0 saturated carbocycles. The lowest BCUT2D eigenvalue weighted by Gasteiger charge is -2.35. The van der Waals surface area contributed by atoms with Gasteiger partial charge >= 0.3 is 6.36 Å². The number of anilines is 1. The molecular weight excluding hydrogens is 392 g/mol. The summed E-state index contributed by atoms with van der Waals surface area (Å²) in [4.78, 5) is 21.6. The Balaban J connectivity index is 1.78. The first-order valence-corrected chi connectivity index (χ1v) is 8.99. The number of carbonyl (C=O) groups excluding carboxylic acids is 1. The van der Waals surface area contributed by atoms with Crippen molar-refractivity contribution in [3.05, 3.63) is 36.2 Å². The van der Waals surface area contributed by atoms with Crippen molar-refractivity contribution in [1.29, 1.82) is 0 Å². The van der Waals surface area contributed by atoms with Gasteiger partial charge in [-0.15, -0.1) is 13.2 Å². The topological polar surface area (TPSA) is 67.4 Å². The van der Waals surface area contributed by atoms with Gasteiger partial charge in [0.05, 0.1) is 18.3 Å². The molecule has 0 aliphatic carbocycles. The first kappa shape index (κ1) is 20.8. The highest BCUT2D eigenvalue weighted by Crippen LogP contribution is 2.28. The normalized spacial score (nSPS) is 19.7. The zero-order valence-electron chi connectivity index (χ0n) is 15.8. The second-order valence-electron chi connectivity index (χ2n) is 6.79. The maximum Gasteiger partial charge on any atom is 0.573 e. The smallest absolute Gasteiger partial charge is 0.406 e. The van der Waals surface area contributed by atoms with E-state index in [0.29, 0.717) is 35.9 Å². The van der Waals surface area contributed by atoms with Gasteiger partial charge in [0.25, 0.3) is 0 Å². The molecule has 1 aliphatic rings. The van der Waals surface area contributed by atoms with Gasteiger partial charge in [-0.25, -0.2) is 14.4 Å². The zero-order chi connectivity index (χ0) is 21.2. The molecule has 1 aromatic carbocycles. The third-order valence-corrected chi connectivity index (χ3v) is 4.46. The summed E-state index contributed by atoms with van der Waals surface area (Å²) in [7, 11) is 0. The monoisotopic (exact) mass is 412 g/mol. The minimum absolute atomic E-state index is 0.0687. The van der Waals surface area contributed by atoms with Crippen LogP contribution in [-0.2, 0) is 4.79 Å². The highest BCUT2D eigenvalue weighted by molar-refractivity contribution is 5.73. The Morgan fingerprint density at radius 1 is 1.24 bits per heavy atom. The first-order chi connectivity index (χ1) is 13.6. The Hall–Kier alpha value is -2.91. The van der Waals surface area contributed by atoms with E-state index in [4.69, 9.17) is 0 Å². The largest absolute Gasteiger partial charge is 0.573 e. The van der Waals surface area contributed by atoms with E-state index in [1.807, 2.05) is 0 Å². The Bertz CT molecular complexity index is 874. The molecule has 1 saturated heterocycles. The van der Waals surface area contributed by atoms with Crippen molar-refractivity contribution < 1.29 is 27.1 Å². The summed E-state index contributed by atoms with van der Waals surface area (Å²) in [5, 5.41) is 2.61. The van der Waals surface area contributed by atoms with Crippen LogP contribution in [0.25, 0.3) is 11.3 Å². The number of piperidine rings is 1. The summed E-state index contributed by atoms with van der Waals surface area (Å²) in [5.74, 6) is 0.372. The van der Waals surface area contributed by atoms with E-state index in [9.17, 15) is 22.4 Å². The molecule has 1 aromatic heterocycles. The van der Waals surface area contributed by atoms with Gasteiger partial charge in [-0.05, 0) is 37.6 Å². The number of amides is 1. The van der Waals surface area contributed by atoms with E-state index in [-0.39, 0.29) is 18.2 Å². The lowest BCUT2D eigenvalue weighted by Crippen LogP contribution is -2.52. The van der Waals surface area contributed by atoms with E-state index >= 15 is 0 Å². The van der Waals surface area contributed by atoms with Gasteiger partial charge < -0.3 is 15.0 Å². The average Bonchev–Trinajstić information content (AvgIpc) is 2.62. The van der Waals surface area contributed by atoms with E-state index in [2.05, 4.69) is 20.0 Å². The summed E-state index contributed by atoms with van der Waals surface area (Å²) >= 11 is 0. The standard InChI is InChI=1S/C19H20F4N4O2/c1-11-24-17(13-3-5-14(6-4-13)29-19(21,22)23)9-18(25-11)27-8-7-16(15(20)10-27)26-12(2)28/h3-6,9,15-16H,7-8,10H2,1-2H3,(H,26,28)/t15-,16-/m1/s1. The van der Waals surface area contributed by atoms with E-state index in [0.717, 1.165) is 0 Å². The number of rotatable bonds is 4. The predicted octanol–water partition coefficient (Wildman–Crippen LogP) is 3.40. The van der Waals surface area contributed by atoms with Crippen molar-refractivity contribution in [1.82, 2.24) is 15.3 Å². The number of ether oxygens (including phenoxy) is 1. The van der Waals surface area contributed by atoms with Gasteiger partial charge in [-0.2, -0.15) is 0 Å². The molecule has 3 rings (SSSR count). The van der Waals surface area contributed by atoms with Gasteiger partial charge in [0.2, 0.25) is 5.91 Å². The molecule has 6 nitrogen and oxygen atoms in total. The molecule has 2 heterocycles.